The van der Waals surface area contributed by atoms with Gasteiger partial charge in [-0.2, -0.15) is 0 Å². The minimum Gasteiger partial charge on any atom is -0.504 e. The third-order valence-corrected chi connectivity index (χ3v) is 5.94. The number of carbonyl (C=O) groups excluding carboxylic acids is 2. The van der Waals surface area contributed by atoms with Crippen molar-refractivity contribution < 1.29 is 54.5 Å². The molecule has 11 nitrogen and oxygen atoms in total. The lowest BCUT2D eigenvalue weighted by atomic mass is 9.72. The van der Waals surface area contributed by atoms with Crippen molar-refractivity contribution in [1.29, 1.82) is 0 Å². The summed E-state index contributed by atoms with van der Waals surface area (Å²) in [6.45, 7) is 1.38. The number of carboxylic acids is 1. The van der Waals surface area contributed by atoms with Crippen LogP contribution in [0.25, 0.3) is 12.2 Å². The predicted molar refractivity (Wildman–Crippen MR) is 128 cm³/mol. The van der Waals surface area contributed by atoms with Crippen molar-refractivity contribution in [2.24, 2.45) is 5.41 Å². The maximum atomic E-state index is 12.4. The number of aliphatic hydroxyl groups is 1. The van der Waals surface area contributed by atoms with E-state index in [-0.39, 0.29) is 24.3 Å². The average Bonchev–Trinajstić information content (AvgIpc) is 2.83. The number of phenolic OH excluding ortho intramolecular Hbond substituents is 4. The van der Waals surface area contributed by atoms with E-state index >= 15 is 0 Å². The van der Waals surface area contributed by atoms with Crippen molar-refractivity contribution >= 4 is 30.1 Å². The molecule has 1 fully saturated rings. The first-order valence-electron chi connectivity index (χ1n) is 11.1. The van der Waals surface area contributed by atoms with Gasteiger partial charge in [-0.05, 0) is 54.5 Å². The number of aliphatic hydroxyl groups excluding tert-OH is 1. The van der Waals surface area contributed by atoms with Crippen LogP contribution in [0.3, 0.4) is 0 Å². The topological polar surface area (TPSA) is 191 Å². The van der Waals surface area contributed by atoms with E-state index in [1.165, 1.54) is 55.5 Å². The molecular formula is C26H26O11. The smallest absolute Gasteiger partial charge is 0.331 e. The maximum absolute atomic E-state index is 12.4. The molecule has 0 aliphatic heterocycles. The molecule has 0 heterocycles. The first-order chi connectivity index (χ1) is 17.4. The number of phenols is 4. The fourth-order valence-corrected chi connectivity index (χ4v) is 3.84. The summed E-state index contributed by atoms with van der Waals surface area (Å²) in [6, 6.07) is 7.72. The number of aromatic hydroxyl groups is 4. The Kier molecular flexibility index (Phi) is 8.08. The Morgan fingerprint density at radius 3 is 1.54 bits per heavy atom. The summed E-state index contributed by atoms with van der Waals surface area (Å²) in [7, 11) is 0. The molecule has 0 saturated heterocycles. The van der Waals surface area contributed by atoms with Gasteiger partial charge in [-0.1, -0.05) is 12.1 Å². The second-order valence-corrected chi connectivity index (χ2v) is 8.88. The molecule has 0 unspecified atom stereocenters. The lowest BCUT2D eigenvalue weighted by Crippen LogP contribution is -2.53. The van der Waals surface area contributed by atoms with E-state index in [0.717, 1.165) is 12.2 Å². The van der Waals surface area contributed by atoms with E-state index < -0.39 is 53.1 Å². The van der Waals surface area contributed by atoms with Crippen LogP contribution in [0.4, 0.5) is 0 Å². The highest BCUT2D eigenvalue weighted by molar-refractivity contribution is 5.88. The Morgan fingerprint density at radius 2 is 1.19 bits per heavy atom. The summed E-state index contributed by atoms with van der Waals surface area (Å²) in [5, 5.41) is 58.2. The van der Waals surface area contributed by atoms with Crippen LogP contribution >= 0.6 is 0 Å². The van der Waals surface area contributed by atoms with Gasteiger partial charge in [0.15, 0.2) is 23.0 Å². The molecule has 0 amide bonds. The third-order valence-electron chi connectivity index (χ3n) is 5.94. The van der Waals surface area contributed by atoms with Crippen molar-refractivity contribution in [3.8, 4) is 23.0 Å². The quantitative estimate of drug-likeness (QED) is 0.180. The maximum Gasteiger partial charge on any atom is 0.331 e. The van der Waals surface area contributed by atoms with Crippen LogP contribution < -0.4 is 0 Å². The van der Waals surface area contributed by atoms with Crippen molar-refractivity contribution in [3.05, 3.63) is 59.7 Å². The first-order valence-corrected chi connectivity index (χ1v) is 11.1. The number of ether oxygens (including phenoxy) is 2. The largest absolute Gasteiger partial charge is 0.504 e. The van der Waals surface area contributed by atoms with Crippen molar-refractivity contribution in [3.63, 3.8) is 0 Å². The molecule has 2 aromatic carbocycles. The normalized spacial score (nSPS) is 23.7. The van der Waals surface area contributed by atoms with Crippen LogP contribution in [0.2, 0.25) is 0 Å². The SMILES string of the molecule is C[C@]1(C(=O)O)C[C@@H](OC(=O)/C=C/c2ccc(O)c(O)c2)[C@H](O)[C@H](OC(=O)/C=C/c2ccc(O)c(O)c2)C1. The summed E-state index contributed by atoms with van der Waals surface area (Å²) < 4.78 is 10.6. The Hall–Kier alpha value is -4.51. The lowest BCUT2D eigenvalue weighted by molar-refractivity contribution is -0.189. The number of carboxylic acid groups (broad SMARTS) is 1. The number of aliphatic carboxylic acids is 1. The van der Waals surface area contributed by atoms with Crippen LogP contribution in [0, 0.1) is 5.41 Å². The van der Waals surface area contributed by atoms with Crippen molar-refractivity contribution in [1.82, 2.24) is 0 Å². The van der Waals surface area contributed by atoms with Gasteiger partial charge in [-0.25, -0.2) is 9.59 Å². The van der Waals surface area contributed by atoms with Gasteiger partial charge in [0.2, 0.25) is 0 Å². The Labute approximate surface area is 211 Å². The summed E-state index contributed by atoms with van der Waals surface area (Å²) in [5.41, 5.74) is -0.742. The molecule has 0 aromatic heterocycles. The zero-order valence-corrected chi connectivity index (χ0v) is 19.6. The molecule has 2 aromatic rings. The molecule has 1 saturated carbocycles. The highest BCUT2D eigenvalue weighted by Crippen LogP contribution is 2.39. The molecular weight excluding hydrogens is 488 g/mol. The molecule has 0 radical (unpaired) electrons. The number of benzene rings is 2. The zero-order valence-electron chi connectivity index (χ0n) is 19.6. The Bertz CT molecular complexity index is 1160. The van der Waals surface area contributed by atoms with Gasteiger partial charge in [0.1, 0.15) is 18.3 Å². The second-order valence-electron chi connectivity index (χ2n) is 8.88. The highest BCUT2D eigenvalue weighted by atomic mass is 16.6. The van der Waals surface area contributed by atoms with E-state index in [1.54, 1.807) is 0 Å². The van der Waals surface area contributed by atoms with Gasteiger partial charge in [-0.15, -0.1) is 0 Å². The highest BCUT2D eigenvalue weighted by Gasteiger charge is 2.50. The fraction of sp³-hybridized carbons (Fsp3) is 0.269. The average molecular weight is 514 g/mol. The number of hydrogen-bond donors (Lipinski definition) is 6. The monoisotopic (exact) mass is 514 g/mol. The van der Waals surface area contributed by atoms with Crippen LogP contribution in [0.5, 0.6) is 23.0 Å². The molecule has 1 aliphatic rings. The molecule has 1 aliphatic carbocycles. The molecule has 2 atom stereocenters. The van der Waals surface area contributed by atoms with Crippen LogP contribution in [-0.4, -0.2) is 66.9 Å². The summed E-state index contributed by atoms with van der Waals surface area (Å²) in [4.78, 5) is 36.6. The second kappa shape index (κ2) is 11.0. The van der Waals surface area contributed by atoms with E-state index in [2.05, 4.69) is 0 Å². The van der Waals surface area contributed by atoms with E-state index in [1.807, 2.05) is 0 Å². The van der Waals surface area contributed by atoms with Gasteiger partial charge < -0.3 is 40.1 Å². The molecule has 6 N–H and O–H groups in total. The Balaban J connectivity index is 1.71. The predicted octanol–water partition coefficient (Wildman–Crippen LogP) is 2.30. The molecule has 3 rings (SSSR count). The van der Waals surface area contributed by atoms with Gasteiger partial charge in [0.05, 0.1) is 5.41 Å². The van der Waals surface area contributed by atoms with Crippen LogP contribution in [0.15, 0.2) is 48.6 Å². The summed E-state index contributed by atoms with van der Waals surface area (Å²) in [6.07, 6.45) is -0.0268. The molecule has 11 heteroatoms. The van der Waals surface area contributed by atoms with Crippen molar-refractivity contribution in [2.75, 3.05) is 0 Å². The zero-order chi connectivity index (χ0) is 27.3. The van der Waals surface area contributed by atoms with E-state index in [4.69, 9.17) is 9.47 Å². The van der Waals surface area contributed by atoms with Crippen LogP contribution in [0.1, 0.15) is 30.9 Å². The molecule has 0 bridgehead atoms. The fourth-order valence-electron chi connectivity index (χ4n) is 3.84. The number of esters is 2. The summed E-state index contributed by atoms with van der Waals surface area (Å²) >= 11 is 0. The number of hydrogen-bond acceptors (Lipinski definition) is 10. The first kappa shape index (κ1) is 27.1. The van der Waals surface area contributed by atoms with Crippen LogP contribution in [-0.2, 0) is 23.9 Å². The third kappa shape index (κ3) is 6.79. The van der Waals surface area contributed by atoms with Gasteiger partial charge in [-0.3, -0.25) is 4.79 Å². The minimum atomic E-state index is -1.52. The van der Waals surface area contributed by atoms with Gasteiger partial charge >= 0.3 is 17.9 Å². The van der Waals surface area contributed by atoms with Gasteiger partial charge in [0, 0.05) is 25.0 Å². The number of carbonyl (C=O) groups is 3. The van der Waals surface area contributed by atoms with Crippen molar-refractivity contribution in [2.45, 2.75) is 38.1 Å². The standard InChI is InChI=1S/C26H26O11/c1-26(25(34)35)12-20(36-22(31)8-4-14-2-6-16(27)18(29)10-14)24(33)21(13-26)37-23(32)9-5-15-3-7-17(28)19(30)11-15/h2-11,20-21,24,27-30,33H,12-13H2,1H3,(H,34,35)/b8-4+,9-5+/t20-,21-,24-,26-/m1/s1. The Morgan fingerprint density at radius 1 is 0.784 bits per heavy atom. The lowest BCUT2D eigenvalue weighted by Gasteiger charge is -2.41. The molecule has 0 spiro atoms. The minimum absolute atomic E-state index is 0.236. The van der Waals surface area contributed by atoms with Gasteiger partial charge in [0.25, 0.3) is 0 Å². The number of rotatable bonds is 7. The van der Waals surface area contributed by atoms with E-state index in [0.29, 0.717) is 11.1 Å². The molecule has 37 heavy (non-hydrogen) atoms. The van der Waals surface area contributed by atoms with E-state index in [9.17, 15) is 45.0 Å². The summed E-state index contributed by atoms with van der Waals surface area (Å²) in [5.74, 6) is -4.52. The molecule has 196 valence electrons.